The Morgan fingerprint density at radius 1 is 1.13 bits per heavy atom. The van der Waals surface area contributed by atoms with Crippen molar-refractivity contribution in [1.29, 1.82) is 5.26 Å². The van der Waals surface area contributed by atoms with Gasteiger partial charge in [0.2, 0.25) is 0 Å². The quantitative estimate of drug-likeness (QED) is 0.566. The van der Waals surface area contributed by atoms with Crippen LogP contribution in [0.25, 0.3) is 0 Å². The number of hydrogen-bond donors (Lipinski definition) is 0. The summed E-state index contributed by atoms with van der Waals surface area (Å²) >= 11 is 0. The fourth-order valence-corrected chi connectivity index (χ4v) is 3.46. The summed E-state index contributed by atoms with van der Waals surface area (Å²) in [4.78, 5) is 6.36. The van der Waals surface area contributed by atoms with Crippen molar-refractivity contribution in [3.05, 3.63) is 78.1 Å². The molecule has 1 aromatic heterocycles. The molecule has 3 aromatic rings. The minimum Gasteiger partial charge on any atom is -0.493 e. The predicted octanol–water partition coefficient (Wildman–Crippen LogP) is 4.82. The first-order valence-electron chi connectivity index (χ1n) is 9.90. The Hall–Kier alpha value is -3.56. The van der Waals surface area contributed by atoms with E-state index in [9.17, 15) is 5.26 Å². The van der Waals surface area contributed by atoms with Gasteiger partial charge in [0.05, 0.1) is 25.3 Å². The van der Waals surface area contributed by atoms with E-state index in [1.54, 1.807) is 19.4 Å². The number of rotatable bonds is 7. The molecule has 4 rings (SSSR count). The van der Waals surface area contributed by atoms with Crippen molar-refractivity contribution in [2.45, 2.75) is 25.7 Å². The van der Waals surface area contributed by atoms with Gasteiger partial charge in [0.15, 0.2) is 17.8 Å². The van der Waals surface area contributed by atoms with Gasteiger partial charge in [0.1, 0.15) is 0 Å². The van der Waals surface area contributed by atoms with E-state index in [0.717, 1.165) is 29.8 Å². The van der Waals surface area contributed by atoms with E-state index < -0.39 is 0 Å². The van der Waals surface area contributed by atoms with E-state index in [1.807, 2.05) is 54.7 Å². The number of nitrogens with zero attached hydrogens (tertiary/aromatic N) is 3. The summed E-state index contributed by atoms with van der Waals surface area (Å²) in [5, 5.41) is 9.35. The third-order valence-corrected chi connectivity index (χ3v) is 4.96. The Morgan fingerprint density at radius 2 is 2.03 bits per heavy atom. The van der Waals surface area contributed by atoms with Gasteiger partial charge in [-0.1, -0.05) is 12.1 Å². The van der Waals surface area contributed by atoms with Gasteiger partial charge in [0.25, 0.3) is 0 Å². The van der Waals surface area contributed by atoms with Gasteiger partial charge >= 0.3 is 0 Å². The van der Waals surface area contributed by atoms with Crippen LogP contribution in [0.2, 0.25) is 0 Å². The molecule has 2 aromatic carbocycles. The fourth-order valence-electron chi connectivity index (χ4n) is 3.46. The zero-order valence-corrected chi connectivity index (χ0v) is 16.8. The zero-order valence-electron chi connectivity index (χ0n) is 16.8. The largest absolute Gasteiger partial charge is 0.493 e. The van der Waals surface area contributed by atoms with E-state index in [1.165, 1.54) is 0 Å². The number of ether oxygens (including phenoxy) is 3. The molecule has 0 N–H and O–H groups in total. The van der Waals surface area contributed by atoms with Crippen LogP contribution in [0.4, 0.5) is 11.4 Å². The van der Waals surface area contributed by atoms with Crippen LogP contribution < -0.4 is 14.4 Å². The number of anilines is 2. The van der Waals surface area contributed by atoms with Crippen molar-refractivity contribution in [2.24, 2.45) is 0 Å². The third kappa shape index (κ3) is 4.53. The minimum absolute atomic E-state index is 0.261. The van der Waals surface area contributed by atoms with Crippen molar-refractivity contribution in [1.82, 2.24) is 4.98 Å². The number of hydrogen-bond acceptors (Lipinski definition) is 6. The maximum Gasteiger partial charge on any atom is 0.200 e. The highest BCUT2D eigenvalue weighted by Gasteiger charge is 2.20. The highest BCUT2D eigenvalue weighted by molar-refractivity contribution is 5.67. The van der Waals surface area contributed by atoms with Crippen molar-refractivity contribution in [3.8, 4) is 17.6 Å². The molecule has 0 aliphatic carbocycles. The summed E-state index contributed by atoms with van der Waals surface area (Å²) in [6, 6.07) is 19.5. The number of nitriles is 1. The van der Waals surface area contributed by atoms with Crippen LogP contribution in [0.15, 0.2) is 67.0 Å². The zero-order chi connectivity index (χ0) is 20.8. The van der Waals surface area contributed by atoms with Crippen molar-refractivity contribution in [3.63, 3.8) is 0 Å². The lowest BCUT2D eigenvalue weighted by Crippen LogP contribution is -2.18. The maximum absolute atomic E-state index is 9.35. The SMILES string of the molecule is COc1ccc(N(Cc2cccnc2)c2cccc(C#N)c2)cc1OC1CCCO1. The predicted molar refractivity (Wildman–Crippen MR) is 114 cm³/mol. The summed E-state index contributed by atoms with van der Waals surface area (Å²) in [5.74, 6) is 1.29. The highest BCUT2D eigenvalue weighted by atomic mass is 16.7. The van der Waals surface area contributed by atoms with Gasteiger partial charge in [-0.25, -0.2) is 0 Å². The van der Waals surface area contributed by atoms with Crippen LogP contribution >= 0.6 is 0 Å². The molecule has 6 nitrogen and oxygen atoms in total. The Labute approximate surface area is 176 Å². The topological polar surface area (TPSA) is 67.6 Å². The Kier molecular flexibility index (Phi) is 6.11. The molecule has 1 saturated heterocycles. The molecule has 0 saturated carbocycles. The fraction of sp³-hybridized carbons (Fsp3) is 0.250. The van der Waals surface area contributed by atoms with Gasteiger partial charge in [-0.15, -0.1) is 0 Å². The van der Waals surface area contributed by atoms with E-state index in [-0.39, 0.29) is 6.29 Å². The second kappa shape index (κ2) is 9.29. The number of benzene rings is 2. The molecule has 0 radical (unpaired) electrons. The highest BCUT2D eigenvalue weighted by Crippen LogP contribution is 2.37. The van der Waals surface area contributed by atoms with Crippen molar-refractivity contribution < 1.29 is 14.2 Å². The van der Waals surface area contributed by atoms with Gasteiger partial charge < -0.3 is 19.1 Å². The molecule has 1 unspecified atom stereocenters. The van der Waals surface area contributed by atoms with Crippen molar-refractivity contribution >= 4 is 11.4 Å². The molecule has 152 valence electrons. The first-order chi connectivity index (χ1) is 14.8. The summed E-state index contributed by atoms with van der Waals surface area (Å²) in [5.41, 5.74) is 3.49. The van der Waals surface area contributed by atoms with Gasteiger partial charge in [-0.05, 0) is 48.4 Å². The van der Waals surface area contributed by atoms with E-state index >= 15 is 0 Å². The molecule has 1 aliphatic rings. The molecular formula is C24H23N3O3. The van der Waals surface area contributed by atoms with Crippen LogP contribution in [0.3, 0.4) is 0 Å². The summed E-state index contributed by atoms with van der Waals surface area (Å²) in [7, 11) is 1.63. The summed E-state index contributed by atoms with van der Waals surface area (Å²) < 4.78 is 17.2. The lowest BCUT2D eigenvalue weighted by atomic mass is 10.1. The number of methoxy groups -OCH3 is 1. The monoisotopic (exact) mass is 401 g/mol. The molecule has 1 atom stereocenters. The second-order valence-corrected chi connectivity index (χ2v) is 7.01. The minimum atomic E-state index is -0.261. The van der Waals surface area contributed by atoms with Gasteiger partial charge in [0, 0.05) is 42.8 Å². The Morgan fingerprint density at radius 3 is 2.77 bits per heavy atom. The molecular weight excluding hydrogens is 378 g/mol. The molecule has 6 heteroatoms. The molecule has 0 spiro atoms. The van der Waals surface area contributed by atoms with Crippen LogP contribution in [0.5, 0.6) is 11.5 Å². The average Bonchev–Trinajstić information content (AvgIpc) is 3.31. The van der Waals surface area contributed by atoms with Gasteiger partial charge in [-0.3, -0.25) is 4.98 Å². The van der Waals surface area contributed by atoms with E-state index in [4.69, 9.17) is 14.2 Å². The Balaban J connectivity index is 1.72. The molecule has 1 aliphatic heterocycles. The van der Waals surface area contributed by atoms with Crippen LogP contribution in [0.1, 0.15) is 24.0 Å². The third-order valence-electron chi connectivity index (χ3n) is 4.96. The Bertz CT molecular complexity index is 1030. The second-order valence-electron chi connectivity index (χ2n) is 7.01. The standard InChI is InChI=1S/C24H23N3O3/c1-28-22-10-9-21(14-23(22)30-24-8-4-12-29-24)27(17-19-6-3-11-26-16-19)20-7-2-5-18(13-20)15-25/h2-3,5-7,9-11,13-14,16,24H,4,8,12,17H2,1H3. The molecule has 1 fully saturated rings. The van der Waals surface area contributed by atoms with E-state index in [0.29, 0.717) is 30.2 Å². The van der Waals surface area contributed by atoms with Crippen LogP contribution in [-0.4, -0.2) is 25.0 Å². The molecule has 30 heavy (non-hydrogen) atoms. The first kappa shape index (κ1) is 19.7. The molecule has 0 amide bonds. The van der Waals surface area contributed by atoms with Crippen LogP contribution in [-0.2, 0) is 11.3 Å². The lowest BCUT2D eigenvalue weighted by molar-refractivity contribution is -0.0402. The smallest absolute Gasteiger partial charge is 0.200 e. The lowest BCUT2D eigenvalue weighted by Gasteiger charge is -2.26. The maximum atomic E-state index is 9.35. The van der Waals surface area contributed by atoms with E-state index in [2.05, 4.69) is 16.0 Å². The normalized spacial score (nSPS) is 15.4. The number of aromatic nitrogens is 1. The summed E-state index contributed by atoms with van der Waals surface area (Å²) in [6.07, 6.45) is 5.18. The average molecular weight is 401 g/mol. The molecule has 2 heterocycles. The summed E-state index contributed by atoms with van der Waals surface area (Å²) in [6.45, 7) is 1.30. The first-order valence-corrected chi connectivity index (χ1v) is 9.90. The van der Waals surface area contributed by atoms with Gasteiger partial charge in [-0.2, -0.15) is 5.26 Å². The van der Waals surface area contributed by atoms with Crippen molar-refractivity contribution in [2.75, 3.05) is 18.6 Å². The number of pyridine rings is 1. The molecule has 0 bridgehead atoms. The van der Waals surface area contributed by atoms with Crippen LogP contribution in [0, 0.1) is 11.3 Å².